The van der Waals surface area contributed by atoms with Crippen molar-refractivity contribution in [2.45, 2.75) is 13.0 Å². The van der Waals surface area contributed by atoms with Crippen molar-refractivity contribution in [3.05, 3.63) is 46.9 Å². The van der Waals surface area contributed by atoms with Crippen LogP contribution in [0, 0.1) is 5.82 Å². The lowest BCUT2D eigenvalue weighted by atomic mass is 10.1. The van der Waals surface area contributed by atoms with E-state index in [9.17, 15) is 4.39 Å². The maximum absolute atomic E-state index is 13.7. The summed E-state index contributed by atoms with van der Waals surface area (Å²) < 4.78 is 23.2. The lowest BCUT2D eigenvalue weighted by Gasteiger charge is -2.11. The van der Waals surface area contributed by atoms with Crippen LogP contribution in [0.4, 0.5) is 4.39 Å². The Balaban J connectivity index is 2.08. The van der Waals surface area contributed by atoms with E-state index in [1.54, 1.807) is 12.3 Å². The monoisotopic (exact) mass is 277 g/mol. The molecule has 2 heterocycles. The Morgan fingerprint density at radius 3 is 3.05 bits per heavy atom. The third-order valence-corrected chi connectivity index (χ3v) is 3.60. The Labute approximate surface area is 113 Å². The molecule has 2 aromatic heterocycles. The summed E-state index contributed by atoms with van der Waals surface area (Å²) in [5.41, 5.74) is 0.290. The van der Waals surface area contributed by atoms with Crippen LogP contribution < -0.4 is 5.32 Å². The van der Waals surface area contributed by atoms with Crippen LogP contribution in [0.1, 0.15) is 23.6 Å². The number of para-hydroxylation sites is 1. The van der Waals surface area contributed by atoms with Crippen molar-refractivity contribution in [3.63, 3.8) is 0 Å². The molecule has 1 unspecified atom stereocenters. The average molecular weight is 277 g/mol. The van der Waals surface area contributed by atoms with Crippen LogP contribution in [0.5, 0.6) is 0 Å². The number of rotatable bonds is 4. The topological polar surface area (TPSA) is 51.0 Å². The molecule has 1 atom stereocenters. The molecule has 6 heteroatoms. The zero-order valence-corrected chi connectivity index (χ0v) is 11.1. The number of nitrogens with zero attached hydrogens (tertiary/aromatic N) is 2. The number of aromatic nitrogens is 2. The number of furan rings is 1. The minimum Gasteiger partial charge on any atom is -0.456 e. The molecule has 0 radical (unpaired) electrons. The number of benzene rings is 1. The predicted octanol–water partition coefficient (Wildman–Crippen LogP) is 3.12. The standard InChI is InChI=1S/C13H12FN3OS/c1-2-15-12(11-7-16-17-19-11)10-6-8-4-3-5-9(14)13(8)18-10/h3-7,12,15H,2H2,1H3. The second-order valence-corrected chi connectivity index (χ2v) is 4.93. The average Bonchev–Trinajstić information content (AvgIpc) is 3.05. The summed E-state index contributed by atoms with van der Waals surface area (Å²) >= 11 is 1.30. The van der Waals surface area contributed by atoms with Crippen molar-refractivity contribution in [3.8, 4) is 0 Å². The van der Waals surface area contributed by atoms with Gasteiger partial charge in [0.2, 0.25) is 0 Å². The summed E-state index contributed by atoms with van der Waals surface area (Å²) in [5, 5.41) is 7.89. The van der Waals surface area contributed by atoms with Crippen molar-refractivity contribution in [1.82, 2.24) is 14.9 Å². The molecule has 19 heavy (non-hydrogen) atoms. The summed E-state index contributed by atoms with van der Waals surface area (Å²) in [6.45, 7) is 2.77. The van der Waals surface area contributed by atoms with E-state index in [1.165, 1.54) is 17.6 Å². The SMILES string of the molecule is CCNC(c1cc2cccc(F)c2o1)c1cnns1. The van der Waals surface area contributed by atoms with Gasteiger partial charge in [0.25, 0.3) is 0 Å². The van der Waals surface area contributed by atoms with E-state index in [0.29, 0.717) is 5.76 Å². The molecule has 0 saturated carbocycles. The highest BCUT2D eigenvalue weighted by molar-refractivity contribution is 7.05. The normalized spacial score (nSPS) is 12.9. The molecule has 98 valence electrons. The smallest absolute Gasteiger partial charge is 0.169 e. The lowest BCUT2D eigenvalue weighted by Crippen LogP contribution is -2.20. The van der Waals surface area contributed by atoms with Gasteiger partial charge in [-0.1, -0.05) is 23.5 Å². The van der Waals surface area contributed by atoms with E-state index in [1.807, 2.05) is 19.1 Å². The maximum Gasteiger partial charge on any atom is 0.169 e. The second-order valence-electron chi connectivity index (χ2n) is 4.12. The predicted molar refractivity (Wildman–Crippen MR) is 71.6 cm³/mol. The Kier molecular flexibility index (Phi) is 3.27. The van der Waals surface area contributed by atoms with Crippen molar-refractivity contribution in [2.75, 3.05) is 6.54 Å². The van der Waals surface area contributed by atoms with Gasteiger partial charge in [0.1, 0.15) is 11.8 Å². The molecule has 0 saturated heterocycles. The Bertz CT molecular complexity index is 680. The van der Waals surface area contributed by atoms with E-state index >= 15 is 0 Å². The van der Waals surface area contributed by atoms with Gasteiger partial charge in [0.15, 0.2) is 11.4 Å². The van der Waals surface area contributed by atoms with Crippen LogP contribution in [0.25, 0.3) is 11.0 Å². The molecule has 3 aromatic rings. The molecule has 0 amide bonds. The van der Waals surface area contributed by atoms with Gasteiger partial charge >= 0.3 is 0 Å². The summed E-state index contributed by atoms with van der Waals surface area (Å²) in [7, 11) is 0. The van der Waals surface area contributed by atoms with Gasteiger partial charge in [-0.3, -0.25) is 0 Å². The zero-order chi connectivity index (χ0) is 13.2. The molecule has 0 aliphatic rings. The minimum absolute atomic E-state index is 0.142. The van der Waals surface area contributed by atoms with Gasteiger partial charge < -0.3 is 9.73 Å². The van der Waals surface area contributed by atoms with Gasteiger partial charge in [-0.15, -0.1) is 5.10 Å². The Morgan fingerprint density at radius 2 is 2.37 bits per heavy atom. The van der Waals surface area contributed by atoms with Crippen molar-refractivity contribution >= 4 is 22.5 Å². The molecule has 0 fully saturated rings. The van der Waals surface area contributed by atoms with Crippen LogP contribution in [0.2, 0.25) is 0 Å². The largest absolute Gasteiger partial charge is 0.456 e. The van der Waals surface area contributed by atoms with Crippen LogP contribution in [-0.4, -0.2) is 16.1 Å². The van der Waals surface area contributed by atoms with Crippen molar-refractivity contribution in [1.29, 1.82) is 0 Å². The summed E-state index contributed by atoms with van der Waals surface area (Å²) in [6.07, 6.45) is 1.70. The third-order valence-electron chi connectivity index (χ3n) is 2.87. The fourth-order valence-corrected chi connectivity index (χ4v) is 2.62. The fourth-order valence-electron chi connectivity index (χ4n) is 2.04. The zero-order valence-electron chi connectivity index (χ0n) is 10.3. The first kappa shape index (κ1) is 12.3. The van der Waals surface area contributed by atoms with Gasteiger partial charge in [-0.2, -0.15) is 0 Å². The first-order chi connectivity index (χ1) is 9.29. The molecular formula is C13H12FN3OS. The van der Waals surface area contributed by atoms with Gasteiger partial charge in [0, 0.05) is 5.39 Å². The van der Waals surface area contributed by atoms with E-state index < -0.39 is 0 Å². The maximum atomic E-state index is 13.7. The number of hydrogen-bond acceptors (Lipinski definition) is 5. The molecule has 1 aromatic carbocycles. The summed E-state index contributed by atoms with van der Waals surface area (Å²) in [4.78, 5) is 0.946. The number of hydrogen-bond donors (Lipinski definition) is 1. The fraction of sp³-hybridized carbons (Fsp3) is 0.231. The molecule has 0 spiro atoms. The summed E-state index contributed by atoms with van der Waals surface area (Å²) in [5.74, 6) is 0.328. The molecule has 3 rings (SSSR count). The van der Waals surface area contributed by atoms with Gasteiger partial charge in [-0.05, 0) is 30.2 Å². The summed E-state index contributed by atoms with van der Waals surface area (Å²) in [6, 6.07) is 6.61. The lowest BCUT2D eigenvalue weighted by molar-refractivity contribution is 0.468. The second kappa shape index (κ2) is 5.07. The van der Waals surface area contributed by atoms with Gasteiger partial charge in [-0.25, -0.2) is 4.39 Å². The molecule has 1 N–H and O–H groups in total. The molecule has 0 aliphatic heterocycles. The minimum atomic E-state index is -0.346. The first-order valence-electron chi connectivity index (χ1n) is 5.98. The number of halogens is 1. The number of fused-ring (bicyclic) bond motifs is 1. The highest BCUT2D eigenvalue weighted by atomic mass is 32.1. The highest BCUT2D eigenvalue weighted by Gasteiger charge is 2.20. The van der Waals surface area contributed by atoms with E-state index in [0.717, 1.165) is 16.8 Å². The van der Waals surface area contributed by atoms with E-state index in [2.05, 4.69) is 14.9 Å². The van der Waals surface area contributed by atoms with Crippen LogP contribution in [-0.2, 0) is 0 Å². The van der Waals surface area contributed by atoms with E-state index in [4.69, 9.17) is 4.42 Å². The molecule has 4 nitrogen and oxygen atoms in total. The third kappa shape index (κ3) is 2.24. The quantitative estimate of drug-likeness (QED) is 0.796. The van der Waals surface area contributed by atoms with Crippen LogP contribution in [0.15, 0.2) is 34.9 Å². The first-order valence-corrected chi connectivity index (χ1v) is 6.75. The Morgan fingerprint density at radius 1 is 1.47 bits per heavy atom. The highest BCUT2D eigenvalue weighted by Crippen LogP contribution is 2.30. The van der Waals surface area contributed by atoms with Crippen LogP contribution in [0.3, 0.4) is 0 Å². The van der Waals surface area contributed by atoms with Crippen LogP contribution >= 0.6 is 11.5 Å². The molecule has 0 aliphatic carbocycles. The molecular weight excluding hydrogens is 265 g/mol. The molecule has 0 bridgehead atoms. The van der Waals surface area contributed by atoms with Gasteiger partial charge in [0.05, 0.1) is 11.1 Å². The van der Waals surface area contributed by atoms with E-state index in [-0.39, 0.29) is 17.4 Å². The van der Waals surface area contributed by atoms with Crippen molar-refractivity contribution < 1.29 is 8.81 Å². The number of nitrogens with one attached hydrogen (secondary N) is 1. The van der Waals surface area contributed by atoms with Crippen molar-refractivity contribution in [2.24, 2.45) is 0 Å². The Hall–Kier alpha value is -1.79.